The summed E-state index contributed by atoms with van der Waals surface area (Å²) >= 11 is 0. The van der Waals surface area contributed by atoms with Crippen molar-refractivity contribution in [1.29, 1.82) is 0 Å². The molecule has 0 bridgehead atoms. The lowest BCUT2D eigenvalue weighted by atomic mass is 10.1. The zero-order valence-corrected chi connectivity index (χ0v) is 14.0. The van der Waals surface area contributed by atoms with Crippen LogP contribution < -0.4 is 14.2 Å². The van der Waals surface area contributed by atoms with Gasteiger partial charge in [-0.25, -0.2) is 4.79 Å². The van der Waals surface area contributed by atoms with Crippen molar-refractivity contribution in [3.8, 4) is 17.2 Å². The molecule has 0 aliphatic rings. The first-order valence-electron chi connectivity index (χ1n) is 7.14. The van der Waals surface area contributed by atoms with Crippen LogP contribution in [0.4, 0.5) is 0 Å². The molecule has 0 fully saturated rings. The average molecular weight is 333 g/mol. The van der Waals surface area contributed by atoms with Crippen LogP contribution in [0.3, 0.4) is 0 Å². The third-order valence-electron chi connectivity index (χ3n) is 3.13. The van der Waals surface area contributed by atoms with Crippen LogP contribution in [0.2, 0.25) is 0 Å². The van der Waals surface area contributed by atoms with Gasteiger partial charge in [0.1, 0.15) is 0 Å². The molecule has 0 unspecified atom stereocenters. The summed E-state index contributed by atoms with van der Waals surface area (Å²) in [5.41, 5.74) is 1.44. The van der Waals surface area contributed by atoms with Gasteiger partial charge in [0, 0.05) is 12.1 Å². The summed E-state index contributed by atoms with van der Waals surface area (Å²) < 4.78 is 25.8. The predicted molar refractivity (Wildman–Crippen MR) is 86.2 cm³/mol. The van der Waals surface area contributed by atoms with Gasteiger partial charge in [-0.2, -0.15) is 0 Å². The second kappa shape index (κ2) is 8.05. The minimum atomic E-state index is -0.502. The normalized spacial score (nSPS) is 10.7. The Balaban J connectivity index is 2.06. The van der Waals surface area contributed by atoms with Crippen molar-refractivity contribution < 1.29 is 28.3 Å². The van der Waals surface area contributed by atoms with Crippen LogP contribution in [0, 0.1) is 6.92 Å². The van der Waals surface area contributed by atoms with E-state index in [1.165, 1.54) is 27.4 Å². The fourth-order valence-electron chi connectivity index (χ4n) is 2.04. The Morgan fingerprint density at radius 2 is 1.79 bits per heavy atom. The number of benzene rings is 1. The molecule has 0 radical (unpaired) electrons. The van der Waals surface area contributed by atoms with Crippen molar-refractivity contribution >= 4 is 12.0 Å². The highest BCUT2D eigenvalue weighted by Gasteiger charge is 2.12. The quantitative estimate of drug-likeness (QED) is 0.569. The molecule has 0 amide bonds. The van der Waals surface area contributed by atoms with Crippen LogP contribution in [0.15, 0.2) is 28.8 Å². The molecule has 1 aromatic carbocycles. The molecule has 0 aliphatic heterocycles. The van der Waals surface area contributed by atoms with Crippen LogP contribution in [0.5, 0.6) is 17.2 Å². The molecule has 0 saturated carbocycles. The molecule has 2 rings (SSSR count). The molecule has 7 nitrogen and oxygen atoms in total. The van der Waals surface area contributed by atoms with E-state index >= 15 is 0 Å². The first-order valence-corrected chi connectivity index (χ1v) is 7.14. The van der Waals surface area contributed by atoms with Crippen molar-refractivity contribution in [3.05, 3.63) is 41.3 Å². The molecular formula is C17H19NO6. The summed E-state index contributed by atoms with van der Waals surface area (Å²) in [4.78, 5) is 11.8. The fourth-order valence-corrected chi connectivity index (χ4v) is 2.04. The summed E-state index contributed by atoms with van der Waals surface area (Å²) in [5.74, 6) is 1.48. The van der Waals surface area contributed by atoms with Gasteiger partial charge in [0.15, 0.2) is 23.9 Å². The van der Waals surface area contributed by atoms with Crippen LogP contribution >= 0.6 is 0 Å². The van der Waals surface area contributed by atoms with Crippen LogP contribution in [0.1, 0.15) is 17.0 Å². The first kappa shape index (κ1) is 17.4. The smallest absolute Gasteiger partial charge is 0.331 e. The van der Waals surface area contributed by atoms with E-state index in [1.807, 2.05) is 0 Å². The molecule has 0 atom stereocenters. The summed E-state index contributed by atoms with van der Waals surface area (Å²) in [6, 6.07) is 5.16. The van der Waals surface area contributed by atoms with E-state index in [-0.39, 0.29) is 6.61 Å². The Hall–Kier alpha value is -2.96. The summed E-state index contributed by atoms with van der Waals surface area (Å²) in [6.45, 7) is 1.82. The van der Waals surface area contributed by atoms with Gasteiger partial charge in [0.2, 0.25) is 5.75 Å². The number of hydrogen-bond acceptors (Lipinski definition) is 7. The summed E-state index contributed by atoms with van der Waals surface area (Å²) in [7, 11) is 4.58. The number of esters is 1. The van der Waals surface area contributed by atoms with E-state index in [1.54, 1.807) is 31.2 Å². The summed E-state index contributed by atoms with van der Waals surface area (Å²) in [5, 5.41) is 3.72. The van der Waals surface area contributed by atoms with Gasteiger partial charge >= 0.3 is 5.97 Å². The molecule has 0 spiro atoms. The van der Waals surface area contributed by atoms with E-state index in [4.69, 9.17) is 23.5 Å². The molecule has 1 heterocycles. The average Bonchev–Trinajstić information content (AvgIpc) is 3.02. The van der Waals surface area contributed by atoms with E-state index in [0.717, 1.165) is 5.69 Å². The Labute approximate surface area is 139 Å². The SMILES string of the molecule is COc1cc(/C=C/C(=O)OCc2cc(C)no2)cc(OC)c1OC. The third kappa shape index (κ3) is 4.28. The lowest BCUT2D eigenvalue weighted by Gasteiger charge is -2.12. The maximum Gasteiger partial charge on any atom is 0.331 e. The number of ether oxygens (including phenoxy) is 4. The van der Waals surface area contributed by atoms with Crippen LogP contribution in [0.25, 0.3) is 6.08 Å². The van der Waals surface area contributed by atoms with Gasteiger partial charge in [-0.05, 0) is 30.7 Å². The highest BCUT2D eigenvalue weighted by Crippen LogP contribution is 2.38. The lowest BCUT2D eigenvalue weighted by molar-refractivity contribution is -0.139. The minimum Gasteiger partial charge on any atom is -0.493 e. The monoisotopic (exact) mass is 333 g/mol. The molecule has 0 N–H and O–H groups in total. The Morgan fingerprint density at radius 3 is 2.29 bits per heavy atom. The molecule has 128 valence electrons. The Morgan fingerprint density at radius 1 is 1.12 bits per heavy atom. The topological polar surface area (TPSA) is 80.0 Å². The first-order chi connectivity index (χ1) is 11.6. The molecule has 2 aromatic rings. The standard InChI is InChI=1S/C17H19NO6/c1-11-7-13(24-18-11)10-23-16(19)6-5-12-8-14(20-2)17(22-4)15(9-12)21-3/h5-9H,10H2,1-4H3/b6-5+. The van der Waals surface area contributed by atoms with E-state index in [2.05, 4.69) is 5.16 Å². The summed E-state index contributed by atoms with van der Waals surface area (Å²) in [6.07, 6.45) is 2.91. The fraction of sp³-hybridized carbons (Fsp3) is 0.294. The number of methoxy groups -OCH3 is 3. The van der Waals surface area contributed by atoms with E-state index < -0.39 is 5.97 Å². The van der Waals surface area contributed by atoms with E-state index in [9.17, 15) is 4.79 Å². The van der Waals surface area contributed by atoms with Crippen LogP contribution in [-0.4, -0.2) is 32.5 Å². The van der Waals surface area contributed by atoms with E-state index in [0.29, 0.717) is 28.6 Å². The van der Waals surface area contributed by atoms with Gasteiger partial charge < -0.3 is 23.5 Å². The predicted octanol–water partition coefficient (Wildman–Crippen LogP) is 2.77. The van der Waals surface area contributed by atoms with Crippen molar-refractivity contribution in [2.75, 3.05) is 21.3 Å². The maximum absolute atomic E-state index is 11.8. The zero-order chi connectivity index (χ0) is 17.5. The zero-order valence-electron chi connectivity index (χ0n) is 14.0. The van der Waals surface area contributed by atoms with Crippen molar-refractivity contribution in [1.82, 2.24) is 5.16 Å². The van der Waals surface area contributed by atoms with Crippen molar-refractivity contribution in [2.24, 2.45) is 0 Å². The van der Waals surface area contributed by atoms with Crippen molar-refractivity contribution in [2.45, 2.75) is 13.5 Å². The van der Waals surface area contributed by atoms with Crippen molar-refractivity contribution in [3.63, 3.8) is 0 Å². The van der Waals surface area contributed by atoms with Crippen LogP contribution in [-0.2, 0) is 16.1 Å². The lowest BCUT2D eigenvalue weighted by Crippen LogP contribution is -2.00. The number of nitrogens with zero attached hydrogens (tertiary/aromatic N) is 1. The second-order valence-corrected chi connectivity index (χ2v) is 4.83. The van der Waals surface area contributed by atoms with Gasteiger partial charge in [-0.15, -0.1) is 0 Å². The molecule has 7 heteroatoms. The number of carbonyl (C=O) groups is 1. The molecule has 0 aliphatic carbocycles. The highest BCUT2D eigenvalue weighted by molar-refractivity contribution is 5.87. The minimum absolute atomic E-state index is 0.0271. The third-order valence-corrected chi connectivity index (χ3v) is 3.13. The Kier molecular flexibility index (Phi) is 5.83. The molecular weight excluding hydrogens is 314 g/mol. The largest absolute Gasteiger partial charge is 0.493 e. The van der Waals surface area contributed by atoms with Gasteiger partial charge in [-0.1, -0.05) is 5.16 Å². The number of hydrogen-bond donors (Lipinski definition) is 0. The maximum atomic E-state index is 11.8. The Bertz CT molecular complexity index is 709. The van der Waals surface area contributed by atoms with Gasteiger partial charge in [-0.3, -0.25) is 0 Å². The molecule has 0 saturated heterocycles. The second-order valence-electron chi connectivity index (χ2n) is 4.83. The number of aryl methyl sites for hydroxylation is 1. The highest BCUT2D eigenvalue weighted by atomic mass is 16.5. The number of rotatable bonds is 7. The molecule has 24 heavy (non-hydrogen) atoms. The number of carbonyl (C=O) groups excluding carboxylic acids is 1. The van der Waals surface area contributed by atoms with Gasteiger partial charge in [0.25, 0.3) is 0 Å². The number of aromatic nitrogens is 1. The van der Waals surface area contributed by atoms with Gasteiger partial charge in [0.05, 0.1) is 27.0 Å². The molecule has 1 aromatic heterocycles.